The molecule has 0 aliphatic rings. The minimum Gasteiger partial charge on any atom is -0.388 e. The lowest BCUT2D eigenvalue weighted by Crippen LogP contribution is -2.15. The minimum absolute atomic E-state index is 0.110. The van der Waals surface area contributed by atoms with Crippen LogP contribution in [0.25, 0.3) is 0 Å². The van der Waals surface area contributed by atoms with E-state index in [0.717, 1.165) is 5.56 Å². The molecule has 1 heterocycles. The van der Waals surface area contributed by atoms with Gasteiger partial charge in [0, 0.05) is 12.4 Å². The van der Waals surface area contributed by atoms with Gasteiger partial charge in [-0.2, -0.15) is 0 Å². The van der Waals surface area contributed by atoms with E-state index in [1.54, 1.807) is 12.1 Å². The molecule has 0 unspecified atom stereocenters. The Balaban J connectivity index is 2.40. The van der Waals surface area contributed by atoms with Crippen LogP contribution in [0.2, 0.25) is 0 Å². The standard InChI is InChI=1S/C12H11FN4S/c1-7-2-3-8(13)9(6-7)17-12-10(11(14)18)15-4-5-16-12/h2-6H,1H3,(H2,14,18)(H,16,17). The lowest BCUT2D eigenvalue weighted by atomic mass is 10.2. The summed E-state index contributed by atoms with van der Waals surface area (Å²) in [6.45, 7) is 1.87. The van der Waals surface area contributed by atoms with E-state index in [1.165, 1.54) is 18.5 Å². The Morgan fingerprint density at radius 2 is 2.06 bits per heavy atom. The van der Waals surface area contributed by atoms with Crippen LogP contribution in [0.4, 0.5) is 15.9 Å². The van der Waals surface area contributed by atoms with E-state index < -0.39 is 0 Å². The molecule has 0 saturated heterocycles. The highest BCUT2D eigenvalue weighted by atomic mass is 32.1. The summed E-state index contributed by atoms with van der Waals surface area (Å²) >= 11 is 4.87. The van der Waals surface area contributed by atoms with Crippen LogP contribution in [-0.2, 0) is 0 Å². The highest BCUT2D eigenvalue weighted by Crippen LogP contribution is 2.21. The lowest BCUT2D eigenvalue weighted by Gasteiger charge is -2.10. The fraction of sp³-hybridized carbons (Fsp3) is 0.0833. The lowest BCUT2D eigenvalue weighted by molar-refractivity contribution is 0.631. The third-order valence-electron chi connectivity index (χ3n) is 2.31. The number of thiocarbonyl (C=S) groups is 1. The first-order valence-electron chi connectivity index (χ1n) is 5.22. The van der Waals surface area contributed by atoms with E-state index in [4.69, 9.17) is 18.0 Å². The molecule has 0 aliphatic heterocycles. The molecule has 1 aromatic heterocycles. The van der Waals surface area contributed by atoms with Crippen LogP contribution in [0.1, 0.15) is 11.3 Å². The highest BCUT2D eigenvalue weighted by Gasteiger charge is 2.10. The van der Waals surface area contributed by atoms with Gasteiger partial charge in [0.1, 0.15) is 16.5 Å². The number of halogens is 1. The number of anilines is 2. The summed E-state index contributed by atoms with van der Waals surface area (Å²) in [5, 5.41) is 2.85. The van der Waals surface area contributed by atoms with Crippen LogP contribution < -0.4 is 11.1 Å². The Labute approximate surface area is 109 Å². The predicted molar refractivity (Wildman–Crippen MR) is 72.3 cm³/mol. The Kier molecular flexibility index (Phi) is 3.47. The highest BCUT2D eigenvalue weighted by molar-refractivity contribution is 7.80. The molecule has 0 radical (unpaired) electrons. The molecule has 18 heavy (non-hydrogen) atoms. The first kappa shape index (κ1) is 12.4. The van der Waals surface area contributed by atoms with Crippen molar-refractivity contribution in [2.45, 2.75) is 6.92 Å². The molecule has 3 N–H and O–H groups in total. The van der Waals surface area contributed by atoms with Crippen LogP contribution in [0.3, 0.4) is 0 Å². The van der Waals surface area contributed by atoms with Gasteiger partial charge in [0.15, 0.2) is 5.82 Å². The Bertz CT molecular complexity index is 600. The fourth-order valence-electron chi connectivity index (χ4n) is 1.47. The van der Waals surface area contributed by atoms with Crippen LogP contribution in [0, 0.1) is 12.7 Å². The number of nitrogens with two attached hydrogens (primary N) is 1. The second-order valence-corrected chi connectivity index (χ2v) is 4.17. The Morgan fingerprint density at radius 1 is 1.33 bits per heavy atom. The van der Waals surface area contributed by atoms with Gasteiger partial charge in [-0.3, -0.25) is 0 Å². The van der Waals surface area contributed by atoms with Gasteiger partial charge in [-0.1, -0.05) is 18.3 Å². The summed E-state index contributed by atoms with van der Waals surface area (Å²) in [6.07, 6.45) is 2.96. The second-order valence-electron chi connectivity index (χ2n) is 3.73. The van der Waals surface area contributed by atoms with Crippen molar-refractivity contribution in [1.29, 1.82) is 0 Å². The van der Waals surface area contributed by atoms with Gasteiger partial charge in [0.25, 0.3) is 0 Å². The summed E-state index contributed by atoms with van der Waals surface area (Å²) in [5.41, 5.74) is 7.12. The maximum atomic E-state index is 13.6. The van der Waals surface area contributed by atoms with Crippen LogP contribution in [0.5, 0.6) is 0 Å². The van der Waals surface area contributed by atoms with Crippen LogP contribution >= 0.6 is 12.2 Å². The minimum atomic E-state index is -0.375. The molecule has 6 heteroatoms. The largest absolute Gasteiger partial charge is 0.388 e. The first-order valence-corrected chi connectivity index (χ1v) is 5.63. The molecular weight excluding hydrogens is 251 g/mol. The van der Waals surface area contributed by atoms with Crippen molar-refractivity contribution in [1.82, 2.24) is 9.97 Å². The average Bonchev–Trinajstić information content (AvgIpc) is 2.34. The fourth-order valence-corrected chi connectivity index (χ4v) is 1.62. The molecular formula is C12H11FN4S. The van der Waals surface area contributed by atoms with Crippen molar-refractivity contribution in [3.05, 3.63) is 47.7 Å². The van der Waals surface area contributed by atoms with Crippen molar-refractivity contribution in [2.24, 2.45) is 5.73 Å². The molecule has 2 rings (SSSR count). The zero-order valence-corrected chi connectivity index (χ0v) is 10.5. The van der Waals surface area contributed by atoms with E-state index in [2.05, 4.69) is 15.3 Å². The number of benzene rings is 1. The predicted octanol–water partition coefficient (Wildman–Crippen LogP) is 2.30. The number of nitrogens with one attached hydrogen (secondary N) is 1. The molecule has 0 spiro atoms. The normalized spacial score (nSPS) is 10.1. The molecule has 0 saturated carbocycles. The van der Waals surface area contributed by atoms with Crippen molar-refractivity contribution >= 4 is 28.7 Å². The molecule has 92 valence electrons. The van der Waals surface area contributed by atoms with Crippen LogP contribution in [0.15, 0.2) is 30.6 Å². The van der Waals surface area contributed by atoms with Crippen molar-refractivity contribution in [3.63, 3.8) is 0 Å². The first-order chi connectivity index (χ1) is 8.58. The maximum Gasteiger partial charge on any atom is 0.159 e. The van der Waals surface area contributed by atoms with Crippen molar-refractivity contribution in [3.8, 4) is 0 Å². The molecule has 0 atom stereocenters. The number of nitrogens with zero attached hydrogens (tertiary/aromatic N) is 2. The van der Waals surface area contributed by atoms with Gasteiger partial charge < -0.3 is 11.1 Å². The Hall–Kier alpha value is -2.08. The summed E-state index contributed by atoms with van der Waals surface area (Å²) < 4.78 is 13.6. The number of hydrogen-bond donors (Lipinski definition) is 2. The van der Waals surface area contributed by atoms with Crippen molar-refractivity contribution < 1.29 is 4.39 Å². The molecule has 0 aliphatic carbocycles. The van der Waals surface area contributed by atoms with E-state index in [0.29, 0.717) is 17.2 Å². The van der Waals surface area contributed by atoms with Gasteiger partial charge in [-0.05, 0) is 24.6 Å². The maximum absolute atomic E-state index is 13.6. The molecule has 1 aromatic carbocycles. The molecule has 0 amide bonds. The quantitative estimate of drug-likeness (QED) is 0.831. The van der Waals surface area contributed by atoms with E-state index in [1.807, 2.05) is 6.92 Å². The van der Waals surface area contributed by atoms with E-state index in [-0.39, 0.29) is 10.8 Å². The number of aromatic nitrogens is 2. The zero-order chi connectivity index (χ0) is 13.1. The smallest absolute Gasteiger partial charge is 0.159 e. The zero-order valence-electron chi connectivity index (χ0n) is 9.64. The molecule has 0 bridgehead atoms. The average molecular weight is 262 g/mol. The van der Waals surface area contributed by atoms with E-state index in [9.17, 15) is 4.39 Å². The molecule has 2 aromatic rings. The monoisotopic (exact) mass is 262 g/mol. The van der Waals surface area contributed by atoms with E-state index >= 15 is 0 Å². The third-order valence-corrected chi connectivity index (χ3v) is 2.50. The summed E-state index contributed by atoms with van der Waals surface area (Å²) in [7, 11) is 0. The van der Waals surface area contributed by atoms with Gasteiger partial charge in [0.2, 0.25) is 0 Å². The summed E-state index contributed by atoms with van der Waals surface area (Å²) in [4.78, 5) is 8.18. The van der Waals surface area contributed by atoms with Crippen molar-refractivity contribution in [2.75, 3.05) is 5.32 Å². The molecule has 4 nitrogen and oxygen atoms in total. The number of hydrogen-bond acceptors (Lipinski definition) is 4. The summed E-state index contributed by atoms with van der Waals surface area (Å²) in [5.74, 6) is -0.0327. The third kappa shape index (κ3) is 2.60. The van der Waals surface area contributed by atoms with Gasteiger partial charge >= 0.3 is 0 Å². The number of aryl methyl sites for hydroxylation is 1. The molecule has 0 fully saturated rings. The number of rotatable bonds is 3. The topological polar surface area (TPSA) is 63.8 Å². The van der Waals surface area contributed by atoms with Gasteiger partial charge in [0.05, 0.1) is 5.69 Å². The second kappa shape index (κ2) is 5.05. The van der Waals surface area contributed by atoms with Gasteiger partial charge in [-0.25, -0.2) is 14.4 Å². The van der Waals surface area contributed by atoms with Crippen LogP contribution in [-0.4, -0.2) is 15.0 Å². The SMILES string of the molecule is Cc1ccc(F)c(Nc2nccnc2C(N)=S)c1. The Morgan fingerprint density at radius 3 is 2.78 bits per heavy atom. The summed E-state index contributed by atoms with van der Waals surface area (Å²) in [6, 6.07) is 4.74. The van der Waals surface area contributed by atoms with Gasteiger partial charge in [-0.15, -0.1) is 0 Å².